The normalized spacial score (nSPS) is 11.5. The second kappa shape index (κ2) is 12.3. The number of hydrogen-bond donors (Lipinski definition) is 0. The standard InChI is InChI=1S/C46H30N6/c1-5-15-31(16-6-1)43-42(47-41-23-13-14-28-51(41)43)34-24-26-37-38-27-25-35(30-40(38)52(39(37)29-34)36-21-11-4-12-22-36)46-49-44(32-17-7-2-8-18-32)48-45(50-46)33-19-9-3-10-20-33/h1-30H. The summed E-state index contributed by atoms with van der Waals surface area (Å²) in [5, 5.41) is 2.30. The van der Waals surface area contributed by atoms with Crippen LogP contribution in [0.15, 0.2) is 182 Å². The predicted molar refractivity (Wildman–Crippen MR) is 210 cm³/mol. The third-order valence-electron chi connectivity index (χ3n) is 9.59. The molecule has 0 saturated carbocycles. The Kier molecular flexibility index (Phi) is 7.03. The highest BCUT2D eigenvalue weighted by Gasteiger charge is 2.20. The molecular formula is C46H30N6. The van der Waals surface area contributed by atoms with E-state index >= 15 is 0 Å². The molecule has 0 aliphatic carbocycles. The Morgan fingerprint density at radius 2 is 0.846 bits per heavy atom. The third-order valence-corrected chi connectivity index (χ3v) is 9.59. The summed E-state index contributed by atoms with van der Waals surface area (Å²) in [7, 11) is 0. The van der Waals surface area contributed by atoms with E-state index in [4.69, 9.17) is 19.9 Å². The number of hydrogen-bond acceptors (Lipinski definition) is 4. The molecule has 0 atom stereocenters. The Balaban J connectivity index is 1.20. The first-order valence-electron chi connectivity index (χ1n) is 17.3. The van der Waals surface area contributed by atoms with Crippen molar-refractivity contribution in [1.29, 1.82) is 0 Å². The van der Waals surface area contributed by atoms with Gasteiger partial charge >= 0.3 is 0 Å². The van der Waals surface area contributed by atoms with Gasteiger partial charge in [-0.1, -0.05) is 140 Å². The quantitative estimate of drug-likeness (QED) is 0.177. The van der Waals surface area contributed by atoms with Crippen LogP contribution < -0.4 is 0 Å². The van der Waals surface area contributed by atoms with Gasteiger partial charge in [0.2, 0.25) is 0 Å². The van der Waals surface area contributed by atoms with E-state index < -0.39 is 0 Å². The largest absolute Gasteiger partial charge is 0.309 e. The van der Waals surface area contributed by atoms with Gasteiger partial charge in [0.05, 0.1) is 22.4 Å². The van der Waals surface area contributed by atoms with Gasteiger partial charge in [-0.2, -0.15) is 0 Å². The molecule has 10 rings (SSSR count). The summed E-state index contributed by atoms with van der Waals surface area (Å²) in [5.41, 5.74) is 11.1. The molecule has 0 amide bonds. The van der Waals surface area contributed by atoms with Crippen LogP contribution in [0.25, 0.3) is 89.8 Å². The molecular weight excluding hydrogens is 637 g/mol. The summed E-state index contributed by atoms with van der Waals surface area (Å²) in [6.45, 7) is 0. The van der Waals surface area contributed by atoms with Crippen molar-refractivity contribution in [1.82, 2.24) is 28.9 Å². The summed E-state index contributed by atoms with van der Waals surface area (Å²) in [4.78, 5) is 20.2. The van der Waals surface area contributed by atoms with Crippen LogP contribution in [0.2, 0.25) is 0 Å². The van der Waals surface area contributed by atoms with Crippen LogP contribution in [0.1, 0.15) is 0 Å². The van der Waals surface area contributed by atoms with E-state index in [0.717, 1.165) is 72.3 Å². The average Bonchev–Trinajstić information content (AvgIpc) is 3.77. The van der Waals surface area contributed by atoms with Crippen molar-refractivity contribution in [2.75, 3.05) is 0 Å². The maximum absolute atomic E-state index is 5.17. The number of pyridine rings is 1. The predicted octanol–water partition coefficient (Wildman–Crippen LogP) is 11.0. The topological polar surface area (TPSA) is 60.9 Å². The van der Waals surface area contributed by atoms with E-state index in [1.807, 2.05) is 72.8 Å². The molecule has 0 radical (unpaired) electrons. The fourth-order valence-corrected chi connectivity index (χ4v) is 7.17. The molecule has 6 nitrogen and oxygen atoms in total. The van der Waals surface area contributed by atoms with E-state index in [9.17, 15) is 0 Å². The van der Waals surface area contributed by atoms with Crippen LogP contribution in [0.3, 0.4) is 0 Å². The molecule has 0 aliphatic rings. The molecule has 4 aromatic heterocycles. The van der Waals surface area contributed by atoms with Crippen LogP contribution in [0.5, 0.6) is 0 Å². The summed E-state index contributed by atoms with van der Waals surface area (Å²) >= 11 is 0. The Labute approximate surface area is 300 Å². The molecule has 0 fully saturated rings. The highest BCUT2D eigenvalue weighted by Crippen LogP contribution is 2.39. The molecule has 0 aliphatic heterocycles. The summed E-state index contributed by atoms with van der Waals surface area (Å²) < 4.78 is 4.52. The number of imidazole rings is 1. The minimum Gasteiger partial charge on any atom is -0.309 e. The zero-order valence-electron chi connectivity index (χ0n) is 28.0. The molecule has 0 saturated heterocycles. The average molecular weight is 667 g/mol. The molecule has 0 spiro atoms. The molecule has 244 valence electrons. The smallest absolute Gasteiger partial charge is 0.164 e. The van der Waals surface area contributed by atoms with Gasteiger partial charge in [-0.15, -0.1) is 0 Å². The monoisotopic (exact) mass is 666 g/mol. The van der Waals surface area contributed by atoms with Gasteiger partial charge in [-0.3, -0.25) is 4.40 Å². The highest BCUT2D eigenvalue weighted by molar-refractivity contribution is 6.11. The molecule has 0 unspecified atom stereocenters. The van der Waals surface area contributed by atoms with Crippen molar-refractivity contribution in [3.8, 4) is 62.4 Å². The van der Waals surface area contributed by atoms with Crippen molar-refractivity contribution < 1.29 is 0 Å². The van der Waals surface area contributed by atoms with Crippen LogP contribution in [0.4, 0.5) is 0 Å². The minimum absolute atomic E-state index is 0.623. The zero-order chi connectivity index (χ0) is 34.4. The second-order valence-corrected chi connectivity index (χ2v) is 12.8. The van der Waals surface area contributed by atoms with Gasteiger partial charge < -0.3 is 4.57 Å². The number of nitrogens with zero attached hydrogens (tertiary/aromatic N) is 6. The fraction of sp³-hybridized carbons (Fsp3) is 0. The second-order valence-electron chi connectivity index (χ2n) is 12.8. The van der Waals surface area contributed by atoms with E-state index in [1.165, 1.54) is 0 Å². The van der Waals surface area contributed by atoms with E-state index in [0.29, 0.717) is 17.5 Å². The summed E-state index contributed by atoms with van der Waals surface area (Å²) in [6, 6.07) is 60.6. The Morgan fingerprint density at radius 1 is 0.365 bits per heavy atom. The Morgan fingerprint density at radius 3 is 1.44 bits per heavy atom. The lowest BCUT2D eigenvalue weighted by Gasteiger charge is -2.11. The van der Waals surface area contributed by atoms with Crippen molar-refractivity contribution >= 4 is 27.5 Å². The van der Waals surface area contributed by atoms with Gasteiger partial charge in [0.25, 0.3) is 0 Å². The molecule has 10 aromatic rings. The lowest BCUT2D eigenvalue weighted by molar-refractivity contribution is 1.07. The van der Waals surface area contributed by atoms with Crippen molar-refractivity contribution in [2.45, 2.75) is 0 Å². The highest BCUT2D eigenvalue weighted by atomic mass is 15.0. The zero-order valence-corrected chi connectivity index (χ0v) is 28.0. The Bertz CT molecular complexity index is 2820. The van der Waals surface area contributed by atoms with Crippen LogP contribution in [-0.2, 0) is 0 Å². The summed E-state index contributed by atoms with van der Waals surface area (Å²) in [6.07, 6.45) is 2.09. The lowest BCUT2D eigenvalue weighted by Crippen LogP contribution is -2.00. The first-order valence-corrected chi connectivity index (χ1v) is 17.3. The number of aromatic nitrogens is 6. The number of rotatable bonds is 6. The number of benzene rings is 6. The van der Waals surface area contributed by atoms with Crippen LogP contribution in [0, 0.1) is 0 Å². The molecule has 6 aromatic carbocycles. The van der Waals surface area contributed by atoms with E-state index in [1.54, 1.807) is 0 Å². The molecule has 0 bridgehead atoms. The third kappa shape index (κ3) is 5.05. The van der Waals surface area contributed by atoms with Crippen LogP contribution in [-0.4, -0.2) is 28.9 Å². The first-order chi connectivity index (χ1) is 25.8. The summed E-state index contributed by atoms with van der Waals surface area (Å²) in [5.74, 6) is 1.90. The molecule has 6 heteroatoms. The van der Waals surface area contributed by atoms with Gasteiger partial charge in [0.15, 0.2) is 17.5 Å². The van der Waals surface area contributed by atoms with Crippen molar-refractivity contribution in [2.24, 2.45) is 0 Å². The molecule has 52 heavy (non-hydrogen) atoms. The number of fused-ring (bicyclic) bond motifs is 4. The lowest BCUT2D eigenvalue weighted by atomic mass is 10.0. The SMILES string of the molecule is c1ccc(-c2nc(-c3ccccc3)nc(-c3ccc4c5ccc(-c6nc7ccccn7c6-c6ccccc6)cc5n(-c5ccccc5)c4c3)n2)cc1. The van der Waals surface area contributed by atoms with Crippen molar-refractivity contribution in [3.63, 3.8) is 0 Å². The fourth-order valence-electron chi connectivity index (χ4n) is 7.17. The van der Waals surface area contributed by atoms with Crippen molar-refractivity contribution in [3.05, 3.63) is 182 Å². The van der Waals surface area contributed by atoms with Crippen LogP contribution >= 0.6 is 0 Å². The molecule has 4 heterocycles. The maximum Gasteiger partial charge on any atom is 0.164 e. The maximum atomic E-state index is 5.17. The van der Waals surface area contributed by atoms with Gasteiger partial charge in [-0.25, -0.2) is 19.9 Å². The van der Waals surface area contributed by atoms with Gasteiger partial charge in [0, 0.05) is 50.5 Å². The first kappa shape index (κ1) is 29.7. The number of para-hydroxylation sites is 1. The van der Waals surface area contributed by atoms with E-state index in [-0.39, 0.29) is 0 Å². The minimum atomic E-state index is 0.623. The molecule has 0 N–H and O–H groups in total. The van der Waals surface area contributed by atoms with Gasteiger partial charge in [0.1, 0.15) is 5.65 Å². The van der Waals surface area contributed by atoms with Gasteiger partial charge in [-0.05, 0) is 36.4 Å². The van der Waals surface area contributed by atoms with E-state index in [2.05, 4.69) is 118 Å². The Hall–Kier alpha value is -7.18.